The fourth-order valence-electron chi connectivity index (χ4n) is 6.81. The summed E-state index contributed by atoms with van der Waals surface area (Å²) >= 11 is 7.64. The molecule has 5 aromatic carbocycles. The highest BCUT2D eigenvalue weighted by atomic mass is 35.5. The van der Waals surface area contributed by atoms with Gasteiger partial charge in [0.25, 0.3) is 21.6 Å². The average molecular weight is 857 g/mol. The molecule has 1 saturated heterocycles. The number of halogens is 1. The number of anilines is 2. The van der Waals surface area contributed by atoms with Crippen molar-refractivity contribution in [2.24, 2.45) is 0 Å². The van der Waals surface area contributed by atoms with Gasteiger partial charge in [-0.15, -0.1) is 11.8 Å². The van der Waals surface area contributed by atoms with E-state index in [0.717, 1.165) is 54.9 Å². The Morgan fingerprint density at radius 3 is 2.27 bits per heavy atom. The molecule has 13 nitrogen and oxygen atoms in total. The first kappa shape index (κ1) is 43.1. The van der Waals surface area contributed by atoms with Gasteiger partial charge in [-0.2, -0.15) is 0 Å². The van der Waals surface area contributed by atoms with Crippen molar-refractivity contribution in [3.05, 3.63) is 148 Å². The fraction of sp³-hybridized carbons (Fsp3) is 0.256. The third kappa shape index (κ3) is 12.1. The lowest BCUT2D eigenvalue weighted by Gasteiger charge is -2.36. The number of nitro benzene ring substituents is 1. The largest absolute Gasteiger partial charge is 0.480 e. The summed E-state index contributed by atoms with van der Waals surface area (Å²) in [5, 5.41) is 25.3. The molecule has 1 fully saturated rings. The van der Waals surface area contributed by atoms with Crippen LogP contribution >= 0.6 is 23.4 Å². The molecule has 0 spiro atoms. The van der Waals surface area contributed by atoms with Crippen LogP contribution in [-0.2, 0) is 21.4 Å². The number of nitrogens with one attached hydrogen (secondary N) is 2. The second-order valence-corrected chi connectivity index (χ2v) is 17.4. The number of thioether (sulfide) groups is 1. The SMILES string of the molecule is CN(CCC(CSc1ccccc1)Nc1ccc(S(=O)(=O)NC(=O)c2ccc(N3CCN(Cc4ccccc4-c4ccc(Cl)cc4)CC3)cc2)cc1[N+](=O)[O-])CC(=O)O. The predicted molar refractivity (Wildman–Crippen MR) is 233 cm³/mol. The Labute approximate surface area is 353 Å². The number of hydrogen-bond donors (Lipinski definition) is 3. The molecular formula is C43H45ClN6O7S2. The van der Waals surface area contributed by atoms with Crippen LogP contribution in [0, 0.1) is 10.1 Å². The number of aliphatic carboxylic acids is 1. The molecule has 1 aliphatic rings. The third-order valence-electron chi connectivity index (χ3n) is 9.96. The van der Waals surface area contributed by atoms with Crippen molar-refractivity contribution in [1.82, 2.24) is 14.5 Å². The molecule has 1 heterocycles. The lowest BCUT2D eigenvalue weighted by Crippen LogP contribution is -2.46. The van der Waals surface area contributed by atoms with E-state index in [2.05, 4.69) is 32.0 Å². The van der Waals surface area contributed by atoms with Crippen LogP contribution in [0.15, 0.2) is 131 Å². The van der Waals surface area contributed by atoms with Crippen LogP contribution in [0.3, 0.4) is 0 Å². The van der Waals surface area contributed by atoms with Gasteiger partial charge in [-0.3, -0.25) is 29.5 Å². The number of benzene rings is 5. The quantitative estimate of drug-likeness (QED) is 0.0457. The van der Waals surface area contributed by atoms with E-state index in [-0.39, 0.29) is 23.8 Å². The fourth-order valence-corrected chi connectivity index (χ4v) is 8.92. The van der Waals surface area contributed by atoms with Crippen molar-refractivity contribution in [2.45, 2.75) is 28.8 Å². The minimum atomic E-state index is -4.49. The summed E-state index contributed by atoms with van der Waals surface area (Å²) < 4.78 is 28.8. The lowest BCUT2D eigenvalue weighted by molar-refractivity contribution is -0.384. The van der Waals surface area contributed by atoms with E-state index in [0.29, 0.717) is 23.7 Å². The second-order valence-electron chi connectivity index (χ2n) is 14.2. The van der Waals surface area contributed by atoms with Crippen molar-refractivity contribution < 1.29 is 28.0 Å². The summed E-state index contributed by atoms with van der Waals surface area (Å²) in [6.45, 7) is 4.21. The number of carboxylic acid groups (broad SMARTS) is 1. The smallest absolute Gasteiger partial charge is 0.317 e. The Morgan fingerprint density at radius 2 is 1.59 bits per heavy atom. The standard InChI is InChI=1S/C43H45ClN6O7S2/c1-47(29-42(51)52)22-21-35(30-58-37-8-3-2-4-9-37)45-40-20-19-38(27-41(40)50(54)55)59(56,57)46-43(53)32-13-17-36(18-14-32)49-25-23-48(24-26-49)28-33-7-5-6-10-39(33)31-11-15-34(44)16-12-31/h2-20,27,35,45H,21-26,28-30H2,1H3,(H,46,53)(H,51,52). The molecule has 1 amide bonds. The maximum Gasteiger partial charge on any atom is 0.317 e. The van der Waals surface area contributed by atoms with Gasteiger partial charge in [-0.1, -0.05) is 66.2 Å². The normalized spacial score (nSPS) is 13.8. The van der Waals surface area contributed by atoms with Crippen LogP contribution in [0.2, 0.25) is 5.02 Å². The third-order valence-corrected chi connectivity index (χ3v) is 12.7. The summed E-state index contributed by atoms with van der Waals surface area (Å²) in [5.41, 5.74) is 4.15. The molecule has 0 aliphatic carbocycles. The van der Waals surface area contributed by atoms with E-state index >= 15 is 0 Å². The summed E-state index contributed by atoms with van der Waals surface area (Å²) in [4.78, 5) is 42.7. The molecule has 0 bridgehead atoms. The highest BCUT2D eigenvalue weighted by Crippen LogP contribution is 2.31. The molecule has 1 unspecified atom stereocenters. The molecule has 1 atom stereocenters. The number of amides is 1. The maximum atomic E-state index is 13.4. The molecular weight excluding hydrogens is 812 g/mol. The van der Waals surface area contributed by atoms with Gasteiger partial charge < -0.3 is 15.3 Å². The van der Waals surface area contributed by atoms with Gasteiger partial charge in [0.15, 0.2) is 0 Å². The zero-order valence-electron chi connectivity index (χ0n) is 32.4. The number of piperazine rings is 1. The Bertz CT molecular complexity index is 2350. The van der Waals surface area contributed by atoms with Crippen molar-refractivity contribution in [2.75, 3.05) is 62.3 Å². The number of carbonyl (C=O) groups excluding carboxylic acids is 1. The summed E-state index contributed by atoms with van der Waals surface area (Å²) in [6.07, 6.45) is 0.451. The summed E-state index contributed by atoms with van der Waals surface area (Å²) in [6, 6.07) is 35.6. The van der Waals surface area contributed by atoms with Gasteiger partial charge in [0, 0.05) is 78.3 Å². The van der Waals surface area contributed by atoms with Crippen molar-refractivity contribution in [3.8, 4) is 11.1 Å². The molecule has 0 radical (unpaired) electrons. The first-order chi connectivity index (χ1) is 28.3. The number of carboxylic acids is 1. The number of carbonyl (C=O) groups is 2. The molecule has 308 valence electrons. The van der Waals surface area contributed by atoms with Crippen molar-refractivity contribution in [3.63, 3.8) is 0 Å². The molecule has 3 N–H and O–H groups in total. The highest BCUT2D eigenvalue weighted by Gasteiger charge is 2.26. The van der Waals surface area contributed by atoms with Crippen LogP contribution in [0.1, 0.15) is 22.3 Å². The van der Waals surface area contributed by atoms with Gasteiger partial charge in [-0.05, 0) is 90.8 Å². The van der Waals surface area contributed by atoms with Crippen molar-refractivity contribution >= 4 is 62.3 Å². The lowest BCUT2D eigenvalue weighted by atomic mass is 9.99. The molecule has 0 saturated carbocycles. The van der Waals surface area contributed by atoms with Crippen LogP contribution < -0.4 is 14.9 Å². The Kier molecular flexibility index (Phi) is 14.6. The number of rotatable bonds is 18. The van der Waals surface area contributed by atoms with Crippen LogP contribution in [0.25, 0.3) is 11.1 Å². The summed E-state index contributed by atoms with van der Waals surface area (Å²) in [7, 11) is -2.82. The number of hydrogen-bond acceptors (Lipinski definition) is 11. The van der Waals surface area contributed by atoms with E-state index in [1.54, 1.807) is 36.2 Å². The first-order valence-electron chi connectivity index (χ1n) is 19.0. The Hall–Kier alpha value is -5.45. The average Bonchev–Trinajstić information content (AvgIpc) is 3.22. The van der Waals surface area contributed by atoms with Crippen LogP contribution in [0.4, 0.5) is 17.1 Å². The zero-order valence-corrected chi connectivity index (χ0v) is 34.8. The monoisotopic (exact) mass is 856 g/mol. The van der Waals surface area contributed by atoms with Crippen LogP contribution in [0.5, 0.6) is 0 Å². The molecule has 0 aromatic heterocycles. The Balaban J connectivity index is 1.06. The second kappa shape index (κ2) is 20.0. The summed E-state index contributed by atoms with van der Waals surface area (Å²) in [5.74, 6) is -1.34. The Morgan fingerprint density at radius 1 is 0.915 bits per heavy atom. The highest BCUT2D eigenvalue weighted by molar-refractivity contribution is 7.99. The minimum absolute atomic E-state index is 0.0963. The van der Waals surface area contributed by atoms with Crippen molar-refractivity contribution in [1.29, 1.82) is 0 Å². The number of nitro groups is 1. The van der Waals surface area contributed by atoms with E-state index in [9.17, 15) is 28.1 Å². The van der Waals surface area contributed by atoms with E-state index in [4.69, 9.17) is 16.7 Å². The maximum absolute atomic E-state index is 13.4. The van der Waals surface area contributed by atoms with Gasteiger partial charge in [0.05, 0.1) is 16.4 Å². The van der Waals surface area contributed by atoms with Gasteiger partial charge >= 0.3 is 5.97 Å². The predicted octanol–water partition coefficient (Wildman–Crippen LogP) is 7.34. The molecule has 16 heteroatoms. The van der Waals surface area contributed by atoms with E-state index in [1.165, 1.54) is 35.0 Å². The van der Waals surface area contributed by atoms with E-state index in [1.807, 2.05) is 66.7 Å². The van der Waals surface area contributed by atoms with Gasteiger partial charge in [0.2, 0.25) is 0 Å². The molecule has 6 rings (SSSR count). The number of sulfonamides is 1. The number of likely N-dealkylation sites (N-methyl/N-ethyl adjacent to an activating group) is 1. The topological polar surface area (TPSA) is 165 Å². The van der Waals surface area contributed by atoms with Gasteiger partial charge in [0.1, 0.15) is 5.69 Å². The minimum Gasteiger partial charge on any atom is -0.480 e. The molecule has 5 aromatic rings. The van der Waals surface area contributed by atoms with Crippen LogP contribution in [-0.4, -0.2) is 98.2 Å². The zero-order chi connectivity index (χ0) is 41.9. The number of nitrogens with zero attached hydrogens (tertiary/aromatic N) is 4. The molecule has 59 heavy (non-hydrogen) atoms. The van der Waals surface area contributed by atoms with E-state index < -0.39 is 37.4 Å². The molecule has 1 aliphatic heterocycles. The first-order valence-corrected chi connectivity index (χ1v) is 21.8. The van der Waals surface area contributed by atoms with Gasteiger partial charge in [-0.25, -0.2) is 13.1 Å².